The summed E-state index contributed by atoms with van der Waals surface area (Å²) in [5.41, 5.74) is 11.1. The third kappa shape index (κ3) is 1.95. The summed E-state index contributed by atoms with van der Waals surface area (Å²) in [6.45, 7) is 4.86. The molecule has 2 aromatic heterocycles. The molecule has 0 radical (unpaired) electrons. The van der Waals surface area contributed by atoms with Crippen molar-refractivity contribution in [2.45, 2.75) is 20.4 Å². The zero-order chi connectivity index (χ0) is 13.4. The quantitative estimate of drug-likeness (QED) is 0.713. The Hall–Kier alpha value is -2.36. The van der Waals surface area contributed by atoms with Gasteiger partial charge in [-0.3, -0.25) is 4.98 Å². The molecule has 4 heteroatoms. The summed E-state index contributed by atoms with van der Waals surface area (Å²) in [4.78, 5) is 8.79. The van der Waals surface area contributed by atoms with Gasteiger partial charge in [0.25, 0.3) is 0 Å². The molecular formula is C15H16N4. The van der Waals surface area contributed by atoms with Crippen LogP contribution in [0.15, 0.2) is 36.8 Å². The normalized spacial score (nSPS) is 11.1. The first kappa shape index (κ1) is 11.7. The van der Waals surface area contributed by atoms with E-state index in [-0.39, 0.29) is 0 Å². The minimum atomic E-state index is 0.764. The van der Waals surface area contributed by atoms with Gasteiger partial charge in [0.05, 0.1) is 24.1 Å². The fourth-order valence-corrected chi connectivity index (χ4v) is 2.27. The lowest BCUT2D eigenvalue weighted by Crippen LogP contribution is -2.03. The second-order valence-corrected chi connectivity index (χ2v) is 4.76. The van der Waals surface area contributed by atoms with Gasteiger partial charge in [-0.05, 0) is 37.6 Å². The Morgan fingerprint density at radius 2 is 2.00 bits per heavy atom. The number of pyridine rings is 1. The van der Waals surface area contributed by atoms with Crippen molar-refractivity contribution in [3.05, 3.63) is 53.7 Å². The van der Waals surface area contributed by atoms with Crippen molar-refractivity contribution in [2.24, 2.45) is 0 Å². The topological polar surface area (TPSA) is 56.7 Å². The Kier molecular flexibility index (Phi) is 2.71. The second-order valence-electron chi connectivity index (χ2n) is 4.76. The predicted octanol–water partition coefficient (Wildman–Crippen LogP) is 2.68. The van der Waals surface area contributed by atoms with Crippen molar-refractivity contribution in [2.75, 3.05) is 5.73 Å². The highest BCUT2D eigenvalue weighted by molar-refractivity contribution is 5.92. The molecule has 0 fully saturated rings. The van der Waals surface area contributed by atoms with E-state index in [2.05, 4.69) is 21.5 Å². The van der Waals surface area contributed by atoms with Crippen LogP contribution in [0.5, 0.6) is 0 Å². The molecule has 1 aromatic carbocycles. The number of nitrogens with two attached hydrogens (primary N) is 1. The molecule has 2 heterocycles. The first-order valence-corrected chi connectivity index (χ1v) is 6.27. The van der Waals surface area contributed by atoms with Gasteiger partial charge in [0, 0.05) is 23.0 Å². The third-order valence-electron chi connectivity index (χ3n) is 3.57. The van der Waals surface area contributed by atoms with Crippen molar-refractivity contribution in [1.82, 2.24) is 14.5 Å². The summed E-state index contributed by atoms with van der Waals surface area (Å²) in [7, 11) is 0. The molecule has 96 valence electrons. The smallest absolute Gasteiger partial charge is 0.0954 e. The third-order valence-corrected chi connectivity index (χ3v) is 3.57. The zero-order valence-corrected chi connectivity index (χ0v) is 11.1. The van der Waals surface area contributed by atoms with Crippen LogP contribution in [-0.2, 0) is 6.54 Å². The van der Waals surface area contributed by atoms with Crippen molar-refractivity contribution >= 4 is 16.6 Å². The number of benzene rings is 1. The first-order chi connectivity index (χ1) is 9.16. The van der Waals surface area contributed by atoms with Gasteiger partial charge in [0.15, 0.2) is 0 Å². The Morgan fingerprint density at radius 3 is 2.74 bits per heavy atom. The molecule has 0 aliphatic heterocycles. The van der Waals surface area contributed by atoms with Crippen LogP contribution in [0.4, 0.5) is 5.69 Å². The van der Waals surface area contributed by atoms with Gasteiger partial charge in [-0.2, -0.15) is 0 Å². The number of imidazole rings is 1. The molecule has 3 rings (SSSR count). The number of nitrogens with zero attached hydrogens (tertiary/aromatic N) is 3. The molecule has 0 aliphatic carbocycles. The average Bonchev–Trinajstić information content (AvgIpc) is 2.74. The molecule has 0 aliphatic rings. The van der Waals surface area contributed by atoms with E-state index >= 15 is 0 Å². The van der Waals surface area contributed by atoms with E-state index in [1.807, 2.05) is 37.5 Å². The number of aromatic nitrogens is 3. The summed E-state index contributed by atoms with van der Waals surface area (Å²) in [6, 6.07) is 7.90. The number of rotatable bonds is 2. The predicted molar refractivity (Wildman–Crippen MR) is 77.0 cm³/mol. The molecule has 0 saturated heterocycles. The highest BCUT2D eigenvalue weighted by Crippen LogP contribution is 2.23. The maximum Gasteiger partial charge on any atom is 0.0954 e. The second kappa shape index (κ2) is 4.39. The van der Waals surface area contributed by atoms with Crippen LogP contribution in [0.25, 0.3) is 10.9 Å². The molecule has 0 unspecified atom stereocenters. The minimum absolute atomic E-state index is 0.764. The number of hydrogen-bond acceptors (Lipinski definition) is 3. The van der Waals surface area contributed by atoms with Crippen LogP contribution in [0.3, 0.4) is 0 Å². The van der Waals surface area contributed by atoms with Crippen molar-refractivity contribution in [3.8, 4) is 0 Å². The number of hydrogen-bond donors (Lipinski definition) is 1. The lowest BCUT2D eigenvalue weighted by molar-refractivity contribution is 0.772. The molecule has 0 spiro atoms. The van der Waals surface area contributed by atoms with E-state index in [0.29, 0.717) is 0 Å². The Balaban J connectivity index is 2.11. The molecule has 2 N–H and O–H groups in total. The molecule has 19 heavy (non-hydrogen) atoms. The lowest BCUT2D eigenvalue weighted by atomic mass is 10.1. The van der Waals surface area contributed by atoms with Crippen molar-refractivity contribution < 1.29 is 0 Å². The first-order valence-electron chi connectivity index (χ1n) is 6.27. The Bertz CT molecular complexity index is 743. The van der Waals surface area contributed by atoms with Crippen molar-refractivity contribution in [1.29, 1.82) is 0 Å². The Labute approximate surface area is 111 Å². The van der Waals surface area contributed by atoms with Gasteiger partial charge >= 0.3 is 0 Å². The molecule has 0 amide bonds. The van der Waals surface area contributed by atoms with Gasteiger partial charge in [-0.1, -0.05) is 6.07 Å². The Morgan fingerprint density at radius 1 is 1.16 bits per heavy atom. The largest absolute Gasteiger partial charge is 0.398 e. The van der Waals surface area contributed by atoms with Gasteiger partial charge in [-0.25, -0.2) is 4.98 Å². The molecule has 0 bridgehead atoms. The maximum atomic E-state index is 5.99. The number of anilines is 1. The molecule has 3 aromatic rings. The van der Waals surface area contributed by atoms with Crippen LogP contribution in [0.2, 0.25) is 0 Å². The summed E-state index contributed by atoms with van der Waals surface area (Å²) in [5, 5.41) is 1.01. The van der Waals surface area contributed by atoms with Crippen LogP contribution in [0.1, 0.15) is 17.0 Å². The molecule has 0 atom stereocenters. The van der Waals surface area contributed by atoms with Crippen molar-refractivity contribution in [3.63, 3.8) is 0 Å². The zero-order valence-electron chi connectivity index (χ0n) is 11.1. The van der Waals surface area contributed by atoms with Gasteiger partial charge in [-0.15, -0.1) is 0 Å². The lowest BCUT2D eigenvalue weighted by Gasteiger charge is -2.10. The van der Waals surface area contributed by atoms with Crippen LogP contribution < -0.4 is 5.73 Å². The fourth-order valence-electron chi connectivity index (χ4n) is 2.27. The van der Waals surface area contributed by atoms with E-state index in [9.17, 15) is 0 Å². The fraction of sp³-hybridized carbons (Fsp3) is 0.200. The molecular weight excluding hydrogens is 236 g/mol. The average molecular weight is 252 g/mol. The maximum absolute atomic E-state index is 5.99. The summed E-state index contributed by atoms with van der Waals surface area (Å²) >= 11 is 0. The van der Waals surface area contributed by atoms with Gasteiger partial charge in [0.1, 0.15) is 0 Å². The van der Waals surface area contributed by atoms with E-state index in [1.165, 1.54) is 5.69 Å². The summed E-state index contributed by atoms with van der Waals surface area (Å²) < 4.78 is 2.13. The van der Waals surface area contributed by atoms with Gasteiger partial charge < -0.3 is 10.3 Å². The standard InChI is InChI=1S/C15H16N4/c1-10-11(2)19(9-18-10)8-12-5-6-14(16)13-4-3-7-17-15(12)13/h3-7,9H,8,16H2,1-2H3. The van der Waals surface area contributed by atoms with E-state index in [0.717, 1.165) is 34.4 Å². The molecule has 4 nitrogen and oxygen atoms in total. The van der Waals surface area contributed by atoms with E-state index in [4.69, 9.17) is 5.73 Å². The van der Waals surface area contributed by atoms with E-state index in [1.54, 1.807) is 6.20 Å². The molecule has 0 saturated carbocycles. The van der Waals surface area contributed by atoms with Crippen LogP contribution in [-0.4, -0.2) is 14.5 Å². The monoisotopic (exact) mass is 252 g/mol. The van der Waals surface area contributed by atoms with Crippen LogP contribution in [0, 0.1) is 13.8 Å². The summed E-state index contributed by atoms with van der Waals surface area (Å²) in [5.74, 6) is 0. The summed E-state index contributed by atoms with van der Waals surface area (Å²) in [6.07, 6.45) is 3.67. The number of fused-ring (bicyclic) bond motifs is 1. The van der Waals surface area contributed by atoms with E-state index < -0.39 is 0 Å². The number of nitrogen functional groups attached to an aromatic ring is 1. The highest BCUT2D eigenvalue weighted by Gasteiger charge is 2.08. The van der Waals surface area contributed by atoms with Crippen LogP contribution >= 0.6 is 0 Å². The highest BCUT2D eigenvalue weighted by atomic mass is 15.0. The SMILES string of the molecule is Cc1ncn(Cc2ccc(N)c3cccnc23)c1C. The van der Waals surface area contributed by atoms with Gasteiger partial charge in [0.2, 0.25) is 0 Å². The minimum Gasteiger partial charge on any atom is -0.398 e. The number of aryl methyl sites for hydroxylation is 1.